The summed E-state index contributed by atoms with van der Waals surface area (Å²) in [7, 11) is 0. The second kappa shape index (κ2) is 7.84. The molecule has 25 heavy (non-hydrogen) atoms. The highest BCUT2D eigenvalue weighted by Crippen LogP contribution is 2.20. The number of hydrogen-bond acceptors (Lipinski definition) is 2. The zero-order chi connectivity index (χ0) is 17.6. The molecule has 0 unspecified atom stereocenters. The van der Waals surface area contributed by atoms with Gasteiger partial charge in [0.15, 0.2) is 0 Å². The van der Waals surface area contributed by atoms with Crippen molar-refractivity contribution in [2.75, 3.05) is 5.32 Å². The maximum atomic E-state index is 12.9. The van der Waals surface area contributed by atoms with E-state index in [9.17, 15) is 4.39 Å². The van der Waals surface area contributed by atoms with Crippen molar-refractivity contribution in [1.29, 1.82) is 0 Å². The van der Waals surface area contributed by atoms with Gasteiger partial charge in [0.25, 0.3) is 0 Å². The van der Waals surface area contributed by atoms with Crippen LogP contribution in [-0.4, -0.2) is 0 Å². The van der Waals surface area contributed by atoms with Gasteiger partial charge in [-0.15, -0.1) is 0 Å². The van der Waals surface area contributed by atoms with E-state index < -0.39 is 0 Å². The Morgan fingerprint density at radius 1 is 0.840 bits per heavy atom. The first-order valence-electron chi connectivity index (χ1n) is 8.38. The Labute approximate surface area is 148 Å². The fraction of sp³-hybridized carbons (Fsp3) is 0.182. The fourth-order valence-corrected chi connectivity index (χ4v) is 2.59. The molecule has 0 aliphatic carbocycles. The van der Waals surface area contributed by atoms with Crippen LogP contribution < -0.4 is 10.1 Å². The monoisotopic (exact) mass is 335 g/mol. The highest BCUT2D eigenvalue weighted by molar-refractivity contribution is 5.54. The summed E-state index contributed by atoms with van der Waals surface area (Å²) < 4.78 is 18.6. The van der Waals surface area contributed by atoms with Gasteiger partial charge in [0.1, 0.15) is 18.2 Å². The van der Waals surface area contributed by atoms with E-state index in [2.05, 4.69) is 49.5 Å². The Balaban J connectivity index is 1.55. The topological polar surface area (TPSA) is 21.3 Å². The Kier molecular flexibility index (Phi) is 5.34. The third-order valence-electron chi connectivity index (χ3n) is 4.33. The van der Waals surface area contributed by atoms with E-state index in [1.807, 2.05) is 12.1 Å². The number of nitrogens with one attached hydrogen (secondary N) is 1. The summed E-state index contributed by atoms with van der Waals surface area (Å²) >= 11 is 0. The van der Waals surface area contributed by atoms with E-state index in [1.165, 1.54) is 28.8 Å². The lowest BCUT2D eigenvalue weighted by molar-refractivity contribution is 0.306. The normalized spacial score (nSPS) is 10.5. The molecule has 0 amide bonds. The molecule has 2 nitrogen and oxygen atoms in total. The lowest BCUT2D eigenvalue weighted by atomic mass is 10.1. The first-order chi connectivity index (χ1) is 12.1. The van der Waals surface area contributed by atoms with Gasteiger partial charge in [0, 0.05) is 12.2 Å². The second-order valence-corrected chi connectivity index (χ2v) is 6.16. The average Bonchev–Trinajstić information content (AvgIpc) is 2.63. The van der Waals surface area contributed by atoms with Crippen molar-refractivity contribution in [1.82, 2.24) is 0 Å². The molecule has 0 heterocycles. The molecular formula is C22H22FNO. The molecule has 0 saturated carbocycles. The van der Waals surface area contributed by atoms with Crippen molar-refractivity contribution in [3.05, 3.63) is 94.8 Å². The van der Waals surface area contributed by atoms with E-state index >= 15 is 0 Å². The molecule has 3 aromatic carbocycles. The van der Waals surface area contributed by atoms with Gasteiger partial charge in [0.05, 0.1) is 0 Å². The third kappa shape index (κ3) is 4.60. The lowest BCUT2D eigenvalue weighted by Gasteiger charge is -2.12. The van der Waals surface area contributed by atoms with Crippen LogP contribution in [0, 0.1) is 19.7 Å². The third-order valence-corrected chi connectivity index (χ3v) is 4.33. The van der Waals surface area contributed by atoms with Crippen molar-refractivity contribution < 1.29 is 9.13 Å². The molecule has 0 fully saturated rings. The SMILES string of the molecule is Cc1cccc(NCc2ccc(OCc3ccc(F)cc3)cc2)c1C. The summed E-state index contributed by atoms with van der Waals surface area (Å²) in [6.07, 6.45) is 0. The quantitative estimate of drug-likeness (QED) is 0.630. The van der Waals surface area contributed by atoms with Gasteiger partial charge >= 0.3 is 0 Å². The maximum absolute atomic E-state index is 12.9. The number of benzene rings is 3. The summed E-state index contributed by atoms with van der Waals surface area (Å²) in [4.78, 5) is 0. The lowest BCUT2D eigenvalue weighted by Crippen LogP contribution is -2.02. The molecule has 3 rings (SSSR count). The number of anilines is 1. The molecule has 128 valence electrons. The Morgan fingerprint density at radius 3 is 2.24 bits per heavy atom. The zero-order valence-corrected chi connectivity index (χ0v) is 14.6. The van der Waals surface area contributed by atoms with Crippen LogP contribution in [0.15, 0.2) is 66.7 Å². The first-order valence-corrected chi connectivity index (χ1v) is 8.38. The minimum absolute atomic E-state index is 0.232. The minimum Gasteiger partial charge on any atom is -0.489 e. The Bertz CT molecular complexity index is 826. The number of halogens is 1. The average molecular weight is 335 g/mol. The molecule has 0 aromatic heterocycles. The molecule has 0 atom stereocenters. The van der Waals surface area contributed by atoms with Gasteiger partial charge in [-0.3, -0.25) is 0 Å². The summed E-state index contributed by atoms with van der Waals surface area (Å²) in [5.41, 5.74) is 5.87. The van der Waals surface area contributed by atoms with E-state index in [1.54, 1.807) is 12.1 Å². The van der Waals surface area contributed by atoms with Crippen LogP contribution in [0.5, 0.6) is 5.75 Å². The number of ether oxygens (including phenoxy) is 1. The molecule has 0 aliphatic rings. The molecule has 0 bridgehead atoms. The van der Waals surface area contributed by atoms with Crippen molar-refractivity contribution in [2.45, 2.75) is 27.0 Å². The van der Waals surface area contributed by atoms with E-state index in [0.717, 1.165) is 23.5 Å². The van der Waals surface area contributed by atoms with Crippen LogP contribution in [0.3, 0.4) is 0 Å². The standard InChI is InChI=1S/C22H22FNO/c1-16-4-3-5-22(17(16)2)24-14-18-8-12-21(13-9-18)25-15-19-6-10-20(23)11-7-19/h3-13,24H,14-15H2,1-2H3. The summed E-state index contributed by atoms with van der Waals surface area (Å²) in [5.74, 6) is 0.573. The maximum Gasteiger partial charge on any atom is 0.123 e. The van der Waals surface area contributed by atoms with Crippen LogP contribution in [0.2, 0.25) is 0 Å². The minimum atomic E-state index is -0.232. The highest BCUT2D eigenvalue weighted by Gasteiger charge is 2.01. The van der Waals surface area contributed by atoms with Crippen LogP contribution >= 0.6 is 0 Å². The largest absolute Gasteiger partial charge is 0.489 e. The van der Waals surface area contributed by atoms with E-state index in [-0.39, 0.29) is 5.82 Å². The summed E-state index contributed by atoms with van der Waals surface area (Å²) in [5, 5.41) is 3.48. The molecule has 0 aliphatic heterocycles. The molecule has 0 saturated heterocycles. The van der Waals surface area contributed by atoms with Crippen molar-refractivity contribution in [3.8, 4) is 5.75 Å². The number of aryl methyl sites for hydroxylation is 1. The smallest absolute Gasteiger partial charge is 0.123 e. The molecule has 3 heteroatoms. The second-order valence-electron chi connectivity index (χ2n) is 6.16. The van der Waals surface area contributed by atoms with Crippen LogP contribution in [0.4, 0.5) is 10.1 Å². The molecular weight excluding hydrogens is 313 g/mol. The predicted molar refractivity (Wildman–Crippen MR) is 100 cm³/mol. The van der Waals surface area contributed by atoms with Crippen LogP contribution in [-0.2, 0) is 13.2 Å². The summed E-state index contributed by atoms with van der Waals surface area (Å²) in [6, 6.07) is 20.7. The van der Waals surface area contributed by atoms with Crippen molar-refractivity contribution in [2.24, 2.45) is 0 Å². The predicted octanol–water partition coefficient (Wildman–Crippen LogP) is 5.63. The highest BCUT2D eigenvalue weighted by atomic mass is 19.1. The number of rotatable bonds is 6. The molecule has 3 aromatic rings. The molecule has 0 radical (unpaired) electrons. The van der Waals surface area contributed by atoms with E-state index in [0.29, 0.717) is 6.61 Å². The van der Waals surface area contributed by atoms with Crippen molar-refractivity contribution in [3.63, 3.8) is 0 Å². The zero-order valence-electron chi connectivity index (χ0n) is 14.6. The van der Waals surface area contributed by atoms with Gasteiger partial charge in [0.2, 0.25) is 0 Å². The van der Waals surface area contributed by atoms with Crippen molar-refractivity contribution >= 4 is 5.69 Å². The molecule has 1 N–H and O–H groups in total. The Morgan fingerprint density at radius 2 is 1.52 bits per heavy atom. The fourth-order valence-electron chi connectivity index (χ4n) is 2.59. The van der Waals surface area contributed by atoms with Gasteiger partial charge < -0.3 is 10.1 Å². The Hall–Kier alpha value is -2.81. The van der Waals surface area contributed by atoms with Crippen LogP contribution in [0.25, 0.3) is 0 Å². The first kappa shape index (κ1) is 17.0. The van der Waals surface area contributed by atoms with Gasteiger partial charge in [-0.1, -0.05) is 36.4 Å². The number of hydrogen-bond donors (Lipinski definition) is 1. The van der Waals surface area contributed by atoms with E-state index in [4.69, 9.17) is 4.74 Å². The molecule has 0 spiro atoms. The van der Waals surface area contributed by atoms with Gasteiger partial charge in [-0.25, -0.2) is 4.39 Å². The summed E-state index contributed by atoms with van der Waals surface area (Å²) in [6.45, 7) is 5.45. The van der Waals surface area contributed by atoms with Gasteiger partial charge in [-0.05, 0) is 66.4 Å². The van der Waals surface area contributed by atoms with Gasteiger partial charge in [-0.2, -0.15) is 0 Å². The van der Waals surface area contributed by atoms with Crippen LogP contribution in [0.1, 0.15) is 22.3 Å².